The highest BCUT2D eigenvalue weighted by atomic mass is 35.5. The summed E-state index contributed by atoms with van der Waals surface area (Å²) in [7, 11) is 0. The van der Waals surface area contributed by atoms with Crippen LogP contribution in [0.4, 0.5) is 5.82 Å². The molecule has 6 nitrogen and oxygen atoms in total. The first kappa shape index (κ1) is 15.3. The third-order valence-corrected chi connectivity index (χ3v) is 3.01. The summed E-state index contributed by atoms with van der Waals surface area (Å²) in [4.78, 5) is 16.3. The Labute approximate surface area is 128 Å². The fraction of sp³-hybridized carbons (Fsp3) is 0.357. The van der Waals surface area contributed by atoms with Gasteiger partial charge in [-0.25, -0.2) is 4.98 Å². The van der Waals surface area contributed by atoms with Crippen LogP contribution < -0.4 is 10.6 Å². The van der Waals surface area contributed by atoms with Crippen LogP contribution in [-0.4, -0.2) is 33.3 Å². The number of aromatic nitrogens is 3. The molecule has 2 rings (SSSR count). The van der Waals surface area contributed by atoms with E-state index in [1.807, 2.05) is 26.1 Å². The van der Waals surface area contributed by atoms with Gasteiger partial charge in [0.1, 0.15) is 11.0 Å². The van der Waals surface area contributed by atoms with Gasteiger partial charge >= 0.3 is 0 Å². The number of amides is 1. The normalized spacial score (nSPS) is 12.0. The summed E-state index contributed by atoms with van der Waals surface area (Å²) in [6.07, 6.45) is 3.56. The zero-order valence-electron chi connectivity index (χ0n) is 12.0. The minimum atomic E-state index is -0.182. The van der Waals surface area contributed by atoms with Crippen LogP contribution in [0.1, 0.15) is 24.2 Å². The lowest BCUT2D eigenvalue weighted by atomic mass is 10.2. The van der Waals surface area contributed by atoms with Crippen LogP contribution in [0.3, 0.4) is 0 Å². The van der Waals surface area contributed by atoms with Crippen LogP contribution in [0.2, 0.25) is 5.15 Å². The van der Waals surface area contributed by atoms with E-state index in [9.17, 15) is 4.79 Å². The number of carbonyl (C=O) groups excluding carboxylic acids is 1. The largest absolute Gasteiger partial charge is 0.370 e. The molecule has 0 saturated carbocycles. The monoisotopic (exact) mass is 307 g/mol. The highest BCUT2D eigenvalue weighted by Crippen LogP contribution is 2.14. The Morgan fingerprint density at radius 3 is 2.95 bits per heavy atom. The summed E-state index contributed by atoms with van der Waals surface area (Å²) < 4.78 is 1.77. The maximum atomic E-state index is 12.2. The number of anilines is 1. The van der Waals surface area contributed by atoms with Crippen molar-refractivity contribution >= 4 is 23.3 Å². The van der Waals surface area contributed by atoms with E-state index in [2.05, 4.69) is 20.7 Å². The SMILES string of the molecule is CCNc1cc(C(=O)NC(C)Cn2cccn2)cc(Cl)n1. The minimum Gasteiger partial charge on any atom is -0.370 e. The molecule has 0 aromatic carbocycles. The Balaban J connectivity index is 2.02. The van der Waals surface area contributed by atoms with Gasteiger partial charge in [0.15, 0.2) is 0 Å². The highest BCUT2D eigenvalue weighted by Gasteiger charge is 2.12. The van der Waals surface area contributed by atoms with Gasteiger partial charge in [0.05, 0.1) is 6.54 Å². The lowest BCUT2D eigenvalue weighted by Crippen LogP contribution is -2.35. The summed E-state index contributed by atoms with van der Waals surface area (Å²) in [5.41, 5.74) is 0.485. The molecule has 0 radical (unpaired) electrons. The summed E-state index contributed by atoms with van der Waals surface area (Å²) in [6, 6.07) is 5.04. The van der Waals surface area contributed by atoms with Gasteiger partial charge in [-0.3, -0.25) is 9.48 Å². The minimum absolute atomic E-state index is 0.0491. The van der Waals surface area contributed by atoms with Gasteiger partial charge in [-0.05, 0) is 32.0 Å². The Morgan fingerprint density at radius 2 is 2.29 bits per heavy atom. The second kappa shape index (κ2) is 7.08. The van der Waals surface area contributed by atoms with E-state index in [1.165, 1.54) is 0 Å². The molecule has 0 aliphatic rings. The summed E-state index contributed by atoms with van der Waals surface area (Å²) >= 11 is 5.94. The molecule has 0 bridgehead atoms. The van der Waals surface area contributed by atoms with Gasteiger partial charge in [-0.1, -0.05) is 11.6 Å². The second-order valence-corrected chi connectivity index (χ2v) is 5.08. The number of nitrogens with one attached hydrogen (secondary N) is 2. The maximum Gasteiger partial charge on any atom is 0.251 e. The molecular formula is C14H18ClN5O. The molecule has 1 unspecified atom stereocenters. The molecule has 2 aromatic heterocycles. The van der Waals surface area contributed by atoms with E-state index < -0.39 is 0 Å². The summed E-state index contributed by atoms with van der Waals surface area (Å²) in [5, 5.41) is 10.4. The van der Waals surface area contributed by atoms with Crippen molar-refractivity contribution in [3.8, 4) is 0 Å². The molecule has 112 valence electrons. The van der Waals surface area contributed by atoms with Crippen molar-refractivity contribution in [2.24, 2.45) is 0 Å². The number of nitrogens with zero attached hydrogens (tertiary/aromatic N) is 3. The first-order valence-corrected chi connectivity index (χ1v) is 7.16. The van der Waals surface area contributed by atoms with Crippen molar-refractivity contribution in [1.82, 2.24) is 20.1 Å². The molecule has 0 spiro atoms. The Hall–Kier alpha value is -2.08. The molecule has 0 aliphatic carbocycles. The standard InChI is InChI=1S/C14H18ClN5O/c1-3-16-13-8-11(7-12(15)19-13)14(21)18-10(2)9-20-6-4-5-17-20/h4-8,10H,3,9H2,1-2H3,(H,16,19)(H,18,21). The van der Waals surface area contributed by atoms with Crippen LogP contribution in [0.5, 0.6) is 0 Å². The molecular weight excluding hydrogens is 290 g/mol. The summed E-state index contributed by atoms with van der Waals surface area (Å²) in [5.74, 6) is 0.410. The van der Waals surface area contributed by atoms with Crippen LogP contribution >= 0.6 is 11.6 Å². The second-order valence-electron chi connectivity index (χ2n) is 4.70. The molecule has 1 amide bonds. The van der Waals surface area contributed by atoms with Crippen molar-refractivity contribution in [1.29, 1.82) is 0 Å². The highest BCUT2D eigenvalue weighted by molar-refractivity contribution is 6.29. The molecule has 7 heteroatoms. The van der Waals surface area contributed by atoms with E-state index in [-0.39, 0.29) is 11.9 Å². The van der Waals surface area contributed by atoms with Gasteiger partial charge in [-0.15, -0.1) is 0 Å². The van der Waals surface area contributed by atoms with E-state index in [1.54, 1.807) is 23.0 Å². The Bertz CT molecular complexity index is 599. The van der Waals surface area contributed by atoms with Crippen molar-refractivity contribution in [2.45, 2.75) is 26.4 Å². The van der Waals surface area contributed by atoms with Crippen molar-refractivity contribution in [2.75, 3.05) is 11.9 Å². The van der Waals surface area contributed by atoms with E-state index in [4.69, 9.17) is 11.6 Å². The summed E-state index contributed by atoms with van der Waals surface area (Å²) in [6.45, 7) is 5.20. The van der Waals surface area contributed by atoms with Gasteiger partial charge in [0, 0.05) is 30.5 Å². The van der Waals surface area contributed by atoms with Gasteiger partial charge < -0.3 is 10.6 Å². The number of carbonyl (C=O) groups is 1. The number of rotatable bonds is 6. The Kier molecular flexibility index (Phi) is 5.16. The van der Waals surface area contributed by atoms with Crippen molar-refractivity contribution in [3.63, 3.8) is 0 Å². The van der Waals surface area contributed by atoms with E-state index in [0.717, 1.165) is 0 Å². The predicted molar refractivity (Wildman–Crippen MR) is 82.6 cm³/mol. The smallest absolute Gasteiger partial charge is 0.251 e. The lowest BCUT2D eigenvalue weighted by molar-refractivity contribution is 0.0936. The van der Waals surface area contributed by atoms with Crippen LogP contribution in [0.25, 0.3) is 0 Å². The van der Waals surface area contributed by atoms with Crippen molar-refractivity contribution in [3.05, 3.63) is 41.3 Å². The molecule has 1 atom stereocenters. The first-order chi connectivity index (χ1) is 10.1. The molecule has 2 N–H and O–H groups in total. The van der Waals surface area contributed by atoms with Crippen LogP contribution in [0, 0.1) is 0 Å². The Morgan fingerprint density at radius 1 is 1.48 bits per heavy atom. The zero-order valence-corrected chi connectivity index (χ0v) is 12.8. The maximum absolute atomic E-state index is 12.2. The van der Waals surface area contributed by atoms with E-state index in [0.29, 0.717) is 29.6 Å². The fourth-order valence-electron chi connectivity index (χ4n) is 1.94. The average Bonchev–Trinajstić information content (AvgIpc) is 2.91. The van der Waals surface area contributed by atoms with Crippen LogP contribution in [-0.2, 0) is 6.54 Å². The third kappa shape index (κ3) is 4.46. The van der Waals surface area contributed by atoms with E-state index >= 15 is 0 Å². The molecule has 21 heavy (non-hydrogen) atoms. The molecule has 0 saturated heterocycles. The number of hydrogen-bond acceptors (Lipinski definition) is 4. The topological polar surface area (TPSA) is 71.8 Å². The fourth-order valence-corrected chi connectivity index (χ4v) is 2.15. The third-order valence-electron chi connectivity index (χ3n) is 2.81. The van der Waals surface area contributed by atoms with Gasteiger partial charge in [-0.2, -0.15) is 5.10 Å². The molecule has 2 heterocycles. The number of halogens is 1. The number of hydrogen-bond donors (Lipinski definition) is 2. The average molecular weight is 308 g/mol. The number of pyridine rings is 1. The van der Waals surface area contributed by atoms with Crippen LogP contribution in [0.15, 0.2) is 30.6 Å². The quantitative estimate of drug-likeness (QED) is 0.802. The van der Waals surface area contributed by atoms with Gasteiger partial charge in [0.2, 0.25) is 0 Å². The molecule has 0 aliphatic heterocycles. The first-order valence-electron chi connectivity index (χ1n) is 6.78. The van der Waals surface area contributed by atoms with Crippen molar-refractivity contribution < 1.29 is 4.79 Å². The predicted octanol–water partition coefficient (Wildman–Crippen LogP) is 2.18. The molecule has 0 fully saturated rings. The molecule has 2 aromatic rings. The van der Waals surface area contributed by atoms with Gasteiger partial charge in [0.25, 0.3) is 5.91 Å². The lowest BCUT2D eigenvalue weighted by Gasteiger charge is -2.14. The zero-order chi connectivity index (χ0) is 15.2.